The molecule has 0 aromatic heterocycles. The first-order valence-corrected chi connectivity index (χ1v) is 9.19. The molecule has 0 bridgehead atoms. The van der Waals surface area contributed by atoms with Crippen LogP contribution in [0.4, 0.5) is 0 Å². The number of nitrogens with zero attached hydrogens (tertiary/aromatic N) is 1. The third-order valence-electron chi connectivity index (χ3n) is 4.57. The summed E-state index contributed by atoms with van der Waals surface area (Å²) in [6, 6.07) is 6.46. The molecule has 1 aliphatic rings. The molecule has 0 saturated carbocycles. The minimum atomic E-state index is -1.16. The van der Waals surface area contributed by atoms with Gasteiger partial charge in [0.2, 0.25) is 17.7 Å². The molecule has 2 rings (SSSR count). The Kier molecular flexibility index (Phi) is 7.51. The Morgan fingerprint density at radius 2 is 1.93 bits per heavy atom. The molecule has 152 valence electrons. The van der Waals surface area contributed by atoms with Crippen LogP contribution >= 0.6 is 0 Å². The molecule has 1 aliphatic heterocycles. The molecule has 0 aliphatic carbocycles. The fourth-order valence-electron chi connectivity index (χ4n) is 3.15. The fraction of sp³-hybridized carbons (Fsp3) is 0.474. The second kappa shape index (κ2) is 9.84. The van der Waals surface area contributed by atoms with Gasteiger partial charge in [-0.25, -0.2) is 4.79 Å². The molecule has 3 unspecified atom stereocenters. The van der Waals surface area contributed by atoms with E-state index in [9.17, 15) is 24.3 Å². The smallest absolute Gasteiger partial charge is 0.326 e. The van der Waals surface area contributed by atoms with Crippen LogP contribution in [0.1, 0.15) is 25.3 Å². The number of rotatable bonds is 8. The van der Waals surface area contributed by atoms with Crippen LogP contribution in [0, 0.1) is 0 Å². The van der Waals surface area contributed by atoms with Crippen molar-refractivity contribution in [1.82, 2.24) is 15.5 Å². The highest BCUT2D eigenvalue weighted by molar-refractivity contribution is 5.92. The van der Waals surface area contributed by atoms with Gasteiger partial charge in [-0.2, -0.15) is 0 Å². The fourth-order valence-corrected chi connectivity index (χ4v) is 3.15. The van der Waals surface area contributed by atoms with E-state index in [-0.39, 0.29) is 18.9 Å². The zero-order valence-corrected chi connectivity index (χ0v) is 15.8. The molecule has 3 amide bonds. The van der Waals surface area contributed by atoms with Crippen LogP contribution < -0.4 is 16.4 Å². The van der Waals surface area contributed by atoms with Crippen LogP contribution in [0.15, 0.2) is 30.3 Å². The SMILES string of the molecule is CC(N)C(=O)N1CCCC1C(=O)NCC(=O)NC(Cc1ccccc1)C(=O)O. The first-order chi connectivity index (χ1) is 13.3. The van der Waals surface area contributed by atoms with E-state index in [4.69, 9.17) is 5.73 Å². The maximum absolute atomic E-state index is 12.4. The van der Waals surface area contributed by atoms with Crippen molar-refractivity contribution >= 4 is 23.7 Å². The lowest BCUT2D eigenvalue weighted by molar-refractivity contribution is -0.142. The molecule has 5 N–H and O–H groups in total. The molecule has 1 saturated heterocycles. The van der Waals surface area contributed by atoms with Crippen LogP contribution in [0.3, 0.4) is 0 Å². The van der Waals surface area contributed by atoms with Gasteiger partial charge in [-0.15, -0.1) is 0 Å². The van der Waals surface area contributed by atoms with Gasteiger partial charge in [-0.05, 0) is 25.3 Å². The first kappa shape index (κ1) is 21.4. The van der Waals surface area contributed by atoms with E-state index in [1.54, 1.807) is 31.2 Å². The van der Waals surface area contributed by atoms with Gasteiger partial charge in [0.1, 0.15) is 12.1 Å². The van der Waals surface area contributed by atoms with E-state index >= 15 is 0 Å². The maximum Gasteiger partial charge on any atom is 0.326 e. The predicted octanol–water partition coefficient (Wildman–Crippen LogP) is -0.747. The number of nitrogens with one attached hydrogen (secondary N) is 2. The number of carbonyl (C=O) groups excluding carboxylic acids is 3. The number of carboxylic acids is 1. The quantitative estimate of drug-likeness (QED) is 0.460. The molecular formula is C19H26N4O5. The first-order valence-electron chi connectivity index (χ1n) is 9.19. The van der Waals surface area contributed by atoms with Gasteiger partial charge in [0.25, 0.3) is 0 Å². The Bertz CT molecular complexity index is 722. The van der Waals surface area contributed by atoms with Crippen molar-refractivity contribution in [3.05, 3.63) is 35.9 Å². The summed E-state index contributed by atoms with van der Waals surface area (Å²) in [4.78, 5) is 49.4. The van der Waals surface area contributed by atoms with E-state index in [2.05, 4.69) is 10.6 Å². The van der Waals surface area contributed by atoms with Gasteiger partial charge in [-0.1, -0.05) is 30.3 Å². The molecule has 1 heterocycles. The van der Waals surface area contributed by atoms with Crippen molar-refractivity contribution in [1.29, 1.82) is 0 Å². The molecular weight excluding hydrogens is 364 g/mol. The number of likely N-dealkylation sites (tertiary alicyclic amines) is 1. The average Bonchev–Trinajstić information content (AvgIpc) is 3.15. The number of benzene rings is 1. The van der Waals surface area contributed by atoms with E-state index in [1.165, 1.54) is 4.90 Å². The van der Waals surface area contributed by atoms with Crippen molar-refractivity contribution < 1.29 is 24.3 Å². The highest BCUT2D eigenvalue weighted by atomic mass is 16.4. The maximum atomic E-state index is 12.4. The summed E-state index contributed by atoms with van der Waals surface area (Å²) in [5.74, 6) is -2.53. The number of nitrogens with two attached hydrogens (primary N) is 1. The van der Waals surface area contributed by atoms with Gasteiger partial charge < -0.3 is 26.4 Å². The zero-order chi connectivity index (χ0) is 20.7. The lowest BCUT2D eigenvalue weighted by Gasteiger charge is -2.25. The normalized spacial score (nSPS) is 18.2. The Balaban J connectivity index is 1.87. The molecule has 9 nitrogen and oxygen atoms in total. The number of carboxylic acid groups (broad SMARTS) is 1. The van der Waals surface area contributed by atoms with Crippen LogP contribution in [-0.4, -0.2) is 64.9 Å². The number of hydrogen-bond donors (Lipinski definition) is 4. The number of hydrogen-bond acceptors (Lipinski definition) is 5. The highest BCUT2D eigenvalue weighted by Crippen LogP contribution is 2.18. The van der Waals surface area contributed by atoms with Gasteiger partial charge in [-0.3, -0.25) is 14.4 Å². The Hall–Kier alpha value is -2.94. The van der Waals surface area contributed by atoms with Gasteiger partial charge in [0, 0.05) is 13.0 Å². The van der Waals surface area contributed by atoms with Crippen LogP contribution in [-0.2, 0) is 25.6 Å². The summed E-state index contributed by atoms with van der Waals surface area (Å²) in [6.45, 7) is 1.64. The van der Waals surface area contributed by atoms with E-state index in [0.29, 0.717) is 19.4 Å². The summed E-state index contributed by atoms with van der Waals surface area (Å²) in [6.07, 6.45) is 1.31. The molecule has 28 heavy (non-hydrogen) atoms. The van der Waals surface area contributed by atoms with Crippen LogP contribution in [0.2, 0.25) is 0 Å². The van der Waals surface area contributed by atoms with E-state index in [1.807, 2.05) is 6.07 Å². The minimum absolute atomic E-state index is 0.134. The lowest BCUT2D eigenvalue weighted by Crippen LogP contribution is -2.52. The Labute approximate surface area is 163 Å². The molecule has 0 spiro atoms. The summed E-state index contributed by atoms with van der Waals surface area (Å²) in [5, 5.41) is 14.2. The Morgan fingerprint density at radius 3 is 2.54 bits per heavy atom. The van der Waals surface area contributed by atoms with Gasteiger partial charge >= 0.3 is 5.97 Å². The average molecular weight is 390 g/mol. The largest absolute Gasteiger partial charge is 0.480 e. The minimum Gasteiger partial charge on any atom is -0.480 e. The summed E-state index contributed by atoms with van der Waals surface area (Å²) >= 11 is 0. The van der Waals surface area contributed by atoms with Crippen molar-refractivity contribution in [2.24, 2.45) is 5.73 Å². The van der Waals surface area contributed by atoms with Crippen molar-refractivity contribution in [2.45, 2.75) is 44.3 Å². The number of amides is 3. The topological polar surface area (TPSA) is 142 Å². The monoisotopic (exact) mass is 390 g/mol. The molecule has 0 radical (unpaired) electrons. The second-order valence-electron chi connectivity index (χ2n) is 6.84. The van der Waals surface area contributed by atoms with Gasteiger partial charge in [0.15, 0.2) is 0 Å². The van der Waals surface area contributed by atoms with Crippen molar-refractivity contribution in [2.75, 3.05) is 13.1 Å². The molecule has 1 aromatic rings. The molecule has 9 heteroatoms. The summed E-state index contributed by atoms with van der Waals surface area (Å²) in [5.41, 5.74) is 6.38. The van der Waals surface area contributed by atoms with E-state index < -0.39 is 35.9 Å². The number of aliphatic carboxylic acids is 1. The molecule has 3 atom stereocenters. The molecule has 1 aromatic carbocycles. The standard InChI is InChI=1S/C19H26N4O5/c1-12(20)18(26)23-9-5-8-15(23)17(25)21-11-16(24)22-14(19(27)28)10-13-6-3-2-4-7-13/h2-4,6-7,12,14-15H,5,8-11,20H2,1H3,(H,21,25)(H,22,24)(H,27,28). The summed E-state index contributed by atoms with van der Waals surface area (Å²) < 4.78 is 0. The third kappa shape index (κ3) is 5.78. The second-order valence-corrected chi connectivity index (χ2v) is 6.84. The predicted molar refractivity (Wildman–Crippen MR) is 101 cm³/mol. The van der Waals surface area contributed by atoms with Crippen molar-refractivity contribution in [3.8, 4) is 0 Å². The highest BCUT2D eigenvalue weighted by Gasteiger charge is 2.35. The van der Waals surface area contributed by atoms with Crippen LogP contribution in [0.5, 0.6) is 0 Å². The number of carbonyl (C=O) groups is 4. The van der Waals surface area contributed by atoms with Crippen LogP contribution in [0.25, 0.3) is 0 Å². The lowest BCUT2D eigenvalue weighted by atomic mass is 10.1. The summed E-state index contributed by atoms with van der Waals surface area (Å²) in [7, 11) is 0. The Morgan fingerprint density at radius 1 is 1.25 bits per heavy atom. The zero-order valence-electron chi connectivity index (χ0n) is 15.8. The third-order valence-corrected chi connectivity index (χ3v) is 4.57. The van der Waals surface area contributed by atoms with E-state index in [0.717, 1.165) is 5.56 Å². The van der Waals surface area contributed by atoms with Crippen molar-refractivity contribution in [3.63, 3.8) is 0 Å². The molecule has 1 fully saturated rings. The van der Waals surface area contributed by atoms with Gasteiger partial charge in [0.05, 0.1) is 12.6 Å².